The van der Waals surface area contributed by atoms with Crippen LogP contribution in [0.15, 0.2) is 40.9 Å². The zero-order valence-corrected chi connectivity index (χ0v) is 12.9. The maximum atomic E-state index is 4.90. The molecule has 0 atom stereocenters. The molecule has 4 rings (SSSR count). The van der Waals surface area contributed by atoms with Gasteiger partial charge in [0.05, 0.1) is 11.4 Å². The molecule has 0 spiro atoms. The third-order valence-corrected chi connectivity index (χ3v) is 5.03. The largest absolute Gasteiger partial charge is 0.300 e. The van der Waals surface area contributed by atoms with Gasteiger partial charge in [-0.2, -0.15) is 0 Å². The average Bonchev–Trinajstić information content (AvgIpc) is 2.73. The highest BCUT2D eigenvalue weighted by Crippen LogP contribution is 2.34. The minimum absolute atomic E-state index is 1.05. The Morgan fingerprint density at radius 1 is 1.10 bits per heavy atom. The minimum Gasteiger partial charge on any atom is -0.300 e. The van der Waals surface area contributed by atoms with Gasteiger partial charge < -0.3 is 0 Å². The molecule has 0 unspecified atom stereocenters. The first-order valence-corrected chi connectivity index (χ1v) is 7.80. The summed E-state index contributed by atoms with van der Waals surface area (Å²) in [6.07, 6.45) is 3.41. The molecule has 3 heteroatoms. The molecule has 2 nitrogen and oxygen atoms in total. The fourth-order valence-corrected chi connectivity index (χ4v) is 3.51. The Kier molecular flexibility index (Phi) is 2.71. The molecule has 2 aromatic heterocycles. The Bertz CT molecular complexity index is 817. The summed E-state index contributed by atoms with van der Waals surface area (Å²) < 4.78 is 3.45. The van der Waals surface area contributed by atoms with Gasteiger partial charge >= 0.3 is 0 Å². The van der Waals surface area contributed by atoms with Gasteiger partial charge in [0.25, 0.3) is 0 Å². The Labute approximate surface area is 126 Å². The van der Waals surface area contributed by atoms with Crippen LogP contribution in [0, 0.1) is 6.92 Å². The van der Waals surface area contributed by atoms with Crippen LogP contribution in [-0.4, -0.2) is 9.38 Å². The molecule has 0 N–H and O–H groups in total. The molecule has 2 heterocycles. The van der Waals surface area contributed by atoms with E-state index in [9.17, 15) is 0 Å². The molecule has 20 heavy (non-hydrogen) atoms. The number of imidazole rings is 1. The second kappa shape index (κ2) is 4.45. The third kappa shape index (κ3) is 1.66. The van der Waals surface area contributed by atoms with Gasteiger partial charge in [-0.15, -0.1) is 0 Å². The molecule has 0 saturated heterocycles. The van der Waals surface area contributed by atoms with Crippen LogP contribution < -0.4 is 0 Å². The van der Waals surface area contributed by atoms with Gasteiger partial charge in [-0.1, -0.05) is 24.3 Å². The Hall–Kier alpha value is -1.61. The van der Waals surface area contributed by atoms with Gasteiger partial charge in [-0.3, -0.25) is 4.40 Å². The lowest BCUT2D eigenvalue weighted by molar-refractivity contribution is 0.799. The molecule has 0 fully saturated rings. The topological polar surface area (TPSA) is 17.3 Å². The van der Waals surface area contributed by atoms with Crippen LogP contribution in [0.2, 0.25) is 0 Å². The molecule has 1 aliphatic carbocycles. The molecule has 0 amide bonds. The molecular formula is C17H15BrN2. The first-order chi connectivity index (χ1) is 9.75. The van der Waals surface area contributed by atoms with E-state index in [-0.39, 0.29) is 0 Å². The smallest absolute Gasteiger partial charge is 0.137 e. The Morgan fingerprint density at radius 2 is 1.95 bits per heavy atom. The van der Waals surface area contributed by atoms with E-state index in [4.69, 9.17) is 4.98 Å². The van der Waals surface area contributed by atoms with Crippen LogP contribution in [0.1, 0.15) is 23.4 Å². The number of benzene rings is 1. The van der Waals surface area contributed by atoms with Crippen LogP contribution in [0.3, 0.4) is 0 Å². The zero-order valence-electron chi connectivity index (χ0n) is 11.4. The predicted molar refractivity (Wildman–Crippen MR) is 85.1 cm³/mol. The number of hydrogen-bond acceptors (Lipinski definition) is 1. The SMILES string of the molecule is Cc1c(Br)ccc2nc3c(n12)CCCc1ccccc1-3. The van der Waals surface area contributed by atoms with Gasteiger partial charge in [0.1, 0.15) is 5.65 Å². The number of fused-ring (bicyclic) bond motifs is 5. The van der Waals surface area contributed by atoms with Crippen molar-refractivity contribution in [3.8, 4) is 11.3 Å². The van der Waals surface area contributed by atoms with Crippen molar-refractivity contribution in [2.75, 3.05) is 0 Å². The van der Waals surface area contributed by atoms with E-state index in [2.05, 4.69) is 63.7 Å². The number of rotatable bonds is 0. The maximum absolute atomic E-state index is 4.90. The van der Waals surface area contributed by atoms with Crippen molar-refractivity contribution in [2.24, 2.45) is 0 Å². The van der Waals surface area contributed by atoms with E-state index in [0.717, 1.165) is 23.0 Å². The van der Waals surface area contributed by atoms with Gasteiger partial charge in [-0.25, -0.2) is 4.98 Å². The summed E-state index contributed by atoms with van der Waals surface area (Å²) in [6, 6.07) is 12.9. The third-order valence-electron chi connectivity index (χ3n) is 4.19. The summed E-state index contributed by atoms with van der Waals surface area (Å²) in [5, 5.41) is 0. The Balaban J connectivity index is 2.11. The van der Waals surface area contributed by atoms with E-state index in [1.807, 2.05) is 0 Å². The molecule has 0 bridgehead atoms. The average molecular weight is 327 g/mol. The number of nitrogens with zero attached hydrogens (tertiary/aromatic N) is 2. The van der Waals surface area contributed by atoms with Crippen LogP contribution in [-0.2, 0) is 12.8 Å². The summed E-state index contributed by atoms with van der Waals surface area (Å²) in [5.74, 6) is 0. The van der Waals surface area contributed by atoms with Crippen molar-refractivity contribution in [3.63, 3.8) is 0 Å². The molecule has 1 aliphatic rings. The summed E-state index contributed by atoms with van der Waals surface area (Å²) >= 11 is 3.63. The fraction of sp³-hybridized carbons (Fsp3) is 0.235. The van der Waals surface area contributed by atoms with Crippen LogP contribution in [0.5, 0.6) is 0 Å². The van der Waals surface area contributed by atoms with Crippen molar-refractivity contribution in [2.45, 2.75) is 26.2 Å². The molecule has 0 saturated carbocycles. The molecule has 3 aromatic rings. The zero-order chi connectivity index (χ0) is 13.7. The van der Waals surface area contributed by atoms with Crippen molar-refractivity contribution >= 4 is 21.6 Å². The number of aromatic nitrogens is 2. The predicted octanol–water partition coefficient (Wildman–Crippen LogP) is 4.56. The van der Waals surface area contributed by atoms with E-state index in [1.165, 1.54) is 34.6 Å². The summed E-state index contributed by atoms with van der Waals surface area (Å²) in [6.45, 7) is 2.15. The van der Waals surface area contributed by atoms with Crippen molar-refractivity contribution in [1.82, 2.24) is 9.38 Å². The molecule has 0 aliphatic heterocycles. The Morgan fingerprint density at radius 3 is 2.85 bits per heavy atom. The van der Waals surface area contributed by atoms with Crippen LogP contribution in [0.25, 0.3) is 16.9 Å². The standard InChI is InChI=1S/C17H15BrN2/c1-11-14(18)9-10-16-19-17-13-7-3-2-5-12(13)6-4-8-15(17)20(11)16/h2-3,5,7,9-10H,4,6,8H2,1H3. The van der Waals surface area contributed by atoms with E-state index in [0.29, 0.717) is 0 Å². The summed E-state index contributed by atoms with van der Waals surface area (Å²) in [4.78, 5) is 4.90. The molecule has 0 radical (unpaired) electrons. The summed E-state index contributed by atoms with van der Waals surface area (Å²) in [5.41, 5.74) is 7.52. The number of pyridine rings is 1. The second-order valence-corrected chi connectivity index (χ2v) is 6.23. The quantitative estimate of drug-likeness (QED) is 0.592. The van der Waals surface area contributed by atoms with E-state index < -0.39 is 0 Å². The van der Waals surface area contributed by atoms with E-state index in [1.54, 1.807) is 0 Å². The van der Waals surface area contributed by atoms with Gasteiger partial charge in [0.15, 0.2) is 0 Å². The lowest BCUT2D eigenvalue weighted by atomic mass is 10.0. The maximum Gasteiger partial charge on any atom is 0.137 e. The van der Waals surface area contributed by atoms with Crippen molar-refractivity contribution in [3.05, 3.63) is 57.8 Å². The van der Waals surface area contributed by atoms with Crippen molar-refractivity contribution < 1.29 is 0 Å². The second-order valence-electron chi connectivity index (χ2n) is 5.38. The molecule has 1 aromatic carbocycles. The first kappa shape index (κ1) is 12.2. The highest BCUT2D eigenvalue weighted by atomic mass is 79.9. The number of aryl methyl sites for hydroxylation is 3. The van der Waals surface area contributed by atoms with Gasteiger partial charge in [-0.05, 0) is 59.8 Å². The number of hydrogen-bond donors (Lipinski definition) is 0. The van der Waals surface area contributed by atoms with Gasteiger partial charge in [0.2, 0.25) is 0 Å². The summed E-state index contributed by atoms with van der Waals surface area (Å²) in [7, 11) is 0. The first-order valence-electron chi connectivity index (χ1n) is 7.00. The normalized spacial score (nSPS) is 13.9. The minimum atomic E-state index is 1.05. The van der Waals surface area contributed by atoms with Gasteiger partial charge in [0, 0.05) is 15.7 Å². The monoisotopic (exact) mass is 326 g/mol. The highest BCUT2D eigenvalue weighted by molar-refractivity contribution is 9.10. The van der Waals surface area contributed by atoms with Crippen LogP contribution >= 0.6 is 15.9 Å². The lowest BCUT2D eigenvalue weighted by Gasteiger charge is -2.06. The molecule has 100 valence electrons. The lowest BCUT2D eigenvalue weighted by Crippen LogP contribution is -1.98. The highest BCUT2D eigenvalue weighted by Gasteiger charge is 2.20. The number of halogens is 1. The van der Waals surface area contributed by atoms with Crippen LogP contribution in [0.4, 0.5) is 0 Å². The van der Waals surface area contributed by atoms with Crippen molar-refractivity contribution in [1.29, 1.82) is 0 Å². The van der Waals surface area contributed by atoms with E-state index >= 15 is 0 Å². The fourth-order valence-electron chi connectivity index (χ4n) is 3.20. The molecular weight excluding hydrogens is 312 g/mol.